The predicted molar refractivity (Wildman–Crippen MR) is 118 cm³/mol. The Labute approximate surface area is 179 Å². The van der Waals surface area contributed by atoms with Gasteiger partial charge in [0.1, 0.15) is 12.4 Å². The summed E-state index contributed by atoms with van der Waals surface area (Å²) in [6, 6.07) is 8.29. The van der Waals surface area contributed by atoms with Gasteiger partial charge in [0.05, 0.1) is 11.0 Å². The molecule has 2 aromatic rings. The van der Waals surface area contributed by atoms with Crippen molar-refractivity contribution < 1.29 is 9.59 Å². The number of likely N-dealkylation sites (tertiary alicyclic amines) is 1. The second-order valence-electron chi connectivity index (χ2n) is 8.91. The topological polar surface area (TPSA) is 67.2 Å². The molecule has 6 nitrogen and oxygen atoms in total. The molecule has 1 aliphatic carbocycles. The third-order valence-corrected chi connectivity index (χ3v) is 6.77. The van der Waals surface area contributed by atoms with Crippen molar-refractivity contribution in [3.63, 3.8) is 0 Å². The Balaban J connectivity index is 1.44. The molecule has 1 atom stereocenters. The van der Waals surface area contributed by atoms with Gasteiger partial charge in [0, 0.05) is 31.5 Å². The van der Waals surface area contributed by atoms with Crippen LogP contribution in [0, 0.1) is 5.92 Å². The first-order chi connectivity index (χ1) is 14.6. The molecule has 30 heavy (non-hydrogen) atoms. The van der Waals surface area contributed by atoms with E-state index in [4.69, 9.17) is 4.98 Å². The number of rotatable bonds is 6. The highest BCUT2D eigenvalue weighted by molar-refractivity contribution is 5.81. The molecule has 0 bridgehead atoms. The fourth-order valence-electron chi connectivity index (χ4n) is 4.99. The number of nitrogens with one attached hydrogen (secondary N) is 1. The van der Waals surface area contributed by atoms with E-state index in [-0.39, 0.29) is 17.7 Å². The zero-order valence-electron chi connectivity index (χ0n) is 18.1. The van der Waals surface area contributed by atoms with Crippen LogP contribution in [0.25, 0.3) is 11.0 Å². The molecule has 2 amide bonds. The first-order valence-corrected chi connectivity index (χ1v) is 11.6. The van der Waals surface area contributed by atoms with Gasteiger partial charge in [0.25, 0.3) is 0 Å². The lowest BCUT2D eigenvalue weighted by Crippen LogP contribution is -2.43. The largest absolute Gasteiger partial charge is 0.355 e. The molecule has 2 heterocycles. The fraction of sp³-hybridized carbons (Fsp3) is 0.625. The Bertz CT molecular complexity index is 884. The molecule has 0 radical (unpaired) electrons. The first-order valence-electron chi connectivity index (χ1n) is 11.6. The van der Waals surface area contributed by atoms with Crippen LogP contribution in [0.4, 0.5) is 0 Å². The molecule has 1 unspecified atom stereocenters. The number of hydrogen-bond acceptors (Lipinski definition) is 3. The summed E-state index contributed by atoms with van der Waals surface area (Å²) in [6.07, 6.45) is 9.57. The van der Waals surface area contributed by atoms with Crippen molar-refractivity contribution in [2.24, 2.45) is 5.92 Å². The Morgan fingerprint density at radius 2 is 1.83 bits per heavy atom. The number of amides is 2. The minimum absolute atomic E-state index is 0.165. The van der Waals surface area contributed by atoms with E-state index in [1.165, 1.54) is 12.8 Å². The summed E-state index contributed by atoms with van der Waals surface area (Å²) in [5.74, 6) is 1.38. The van der Waals surface area contributed by atoms with Crippen LogP contribution in [0.1, 0.15) is 64.1 Å². The Kier molecular flexibility index (Phi) is 6.70. The SMILES string of the molecule is CC1CCCCN1C(=O)Cn1c(CCNC(=O)C2CCCCC2)nc2ccccc21. The van der Waals surface area contributed by atoms with Crippen LogP contribution >= 0.6 is 0 Å². The molecule has 162 valence electrons. The zero-order chi connectivity index (χ0) is 20.9. The maximum Gasteiger partial charge on any atom is 0.242 e. The minimum atomic E-state index is 0.165. The molecule has 1 saturated carbocycles. The molecule has 0 spiro atoms. The standard InChI is InChI=1S/C24H34N4O2/c1-18-9-7-8-16-27(18)23(29)17-28-21-13-6-5-12-20(21)26-22(28)14-15-25-24(30)19-10-3-2-4-11-19/h5-6,12-13,18-19H,2-4,7-11,14-17H2,1H3,(H,25,30). The monoisotopic (exact) mass is 410 g/mol. The quantitative estimate of drug-likeness (QED) is 0.790. The highest BCUT2D eigenvalue weighted by Gasteiger charge is 2.25. The van der Waals surface area contributed by atoms with Gasteiger partial charge >= 0.3 is 0 Å². The Hall–Kier alpha value is -2.37. The number of para-hydroxylation sites is 2. The number of hydrogen-bond donors (Lipinski definition) is 1. The van der Waals surface area contributed by atoms with E-state index in [9.17, 15) is 9.59 Å². The van der Waals surface area contributed by atoms with E-state index < -0.39 is 0 Å². The van der Waals surface area contributed by atoms with E-state index in [0.29, 0.717) is 25.6 Å². The van der Waals surface area contributed by atoms with Crippen LogP contribution in [0.2, 0.25) is 0 Å². The van der Waals surface area contributed by atoms with Gasteiger partial charge in [-0.2, -0.15) is 0 Å². The maximum atomic E-state index is 13.1. The van der Waals surface area contributed by atoms with Crippen molar-refractivity contribution in [3.8, 4) is 0 Å². The average Bonchev–Trinajstić information content (AvgIpc) is 3.12. The lowest BCUT2D eigenvalue weighted by atomic mass is 9.89. The van der Waals surface area contributed by atoms with E-state index >= 15 is 0 Å². The van der Waals surface area contributed by atoms with Gasteiger partial charge in [0.2, 0.25) is 11.8 Å². The Morgan fingerprint density at radius 3 is 2.63 bits per heavy atom. The molecule has 1 aromatic heterocycles. The van der Waals surface area contributed by atoms with Gasteiger partial charge in [-0.15, -0.1) is 0 Å². The van der Waals surface area contributed by atoms with Crippen molar-refractivity contribution in [1.82, 2.24) is 19.8 Å². The molecule has 2 fully saturated rings. The van der Waals surface area contributed by atoms with Gasteiger partial charge in [-0.25, -0.2) is 4.98 Å². The van der Waals surface area contributed by atoms with Crippen molar-refractivity contribution in [1.29, 1.82) is 0 Å². The van der Waals surface area contributed by atoms with Gasteiger partial charge in [-0.1, -0.05) is 31.4 Å². The van der Waals surface area contributed by atoms with Crippen LogP contribution in [-0.2, 0) is 22.6 Å². The van der Waals surface area contributed by atoms with Crippen molar-refractivity contribution in [3.05, 3.63) is 30.1 Å². The first kappa shape index (κ1) is 20.9. The summed E-state index contributed by atoms with van der Waals surface area (Å²) in [5.41, 5.74) is 1.90. The van der Waals surface area contributed by atoms with Crippen LogP contribution in [-0.4, -0.2) is 45.4 Å². The van der Waals surface area contributed by atoms with Gasteiger partial charge < -0.3 is 14.8 Å². The summed E-state index contributed by atoms with van der Waals surface area (Å²) in [5, 5.41) is 3.11. The summed E-state index contributed by atoms with van der Waals surface area (Å²) < 4.78 is 2.05. The lowest BCUT2D eigenvalue weighted by Gasteiger charge is -2.33. The van der Waals surface area contributed by atoms with Gasteiger partial charge in [-0.3, -0.25) is 9.59 Å². The molecule has 6 heteroatoms. The second-order valence-corrected chi connectivity index (χ2v) is 8.91. The molecule has 4 rings (SSSR count). The number of carbonyl (C=O) groups is 2. The highest BCUT2D eigenvalue weighted by Crippen LogP contribution is 2.24. The number of fused-ring (bicyclic) bond motifs is 1. The van der Waals surface area contributed by atoms with E-state index in [1.807, 2.05) is 33.7 Å². The van der Waals surface area contributed by atoms with E-state index in [2.05, 4.69) is 12.2 Å². The third-order valence-electron chi connectivity index (χ3n) is 6.77. The minimum Gasteiger partial charge on any atom is -0.355 e. The van der Waals surface area contributed by atoms with Crippen LogP contribution in [0.3, 0.4) is 0 Å². The predicted octanol–water partition coefficient (Wildman–Crippen LogP) is 3.68. The molecule has 1 N–H and O–H groups in total. The Morgan fingerprint density at radius 1 is 1.07 bits per heavy atom. The summed E-state index contributed by atoms with van der Waals surface area (Å²) in [7, 11) is 0. The number of benzene rings is 1. The van der Waals surface area contributed by atoms with Crippen molar-refractivity contribution in [2.75, 3.05) is 13.1 Å². The molecule has 1 saturated heterocycles. The number of imidazole rings is 1. The number of aromatic nitrogens is 2. The fourth-order valence-corrected chi connectivity index (χ4v) is 4.99. The maximum absolute atomic E-state index is 13.1. The van der Waals surface area contributed by atoms with Crippen molar-refractivity contribution >= 4 is 22.8 Å². The van der Waals surface area contributed by atoms with Gasteiger partial charge in [0.15, 0.2) is 0 Å². The number of nitrogens with zero attached hydrogens (tertiary/aromatic N) is 3. The molecule has 2 aliphatic rings. The summed E-state index contributed by atoms with van der Waals surface area (Å²) in [4.78, 5) is 32.3. The van der Waals surface area contributed by atoms with E-state index in [1.54, 1.807) is 0 Å². The lowest BCUT2D eigenvalue weighted by molar-refractivity contribution is -0.135. The molecule has 1 aromatic carbocycles. The van der Waals surface area contributed by atoms with E-state index in [0.717, 1.165) is 61.9 Å². The normalized spacial score (nSPS) is 20.4. The van der Waals surface area contributed by atoms with Crippen LogP contribution in [0.5, 0.6) is 0 Å². The second kappa shape index (κ2) is 9.63. The molecular weight excluding hydrogens is 376 g/mol. The molecular formula is C24H34N4O2. The van der Waals surface area contributed by atoms with Crippen LogP contribution < -0.4 is 5.32 Å². The van der Waals surface area contributed by atoms with Gasteiger partial charge in [-0.05, 0) is 51.2 Å². The zero-order valence-corrected chi connectivity index (χ0v) is 18.1. The third kappa shape index (κ3) is 4.68. The van der Waals surface area contributed by atoms with Crippen LogP contribution in [0.15, 0.2) is 24.3 Å². The number of carbonyl (C=O) groups excluding carboxylic acids is 2. The smallest absolute Gasteiger partial charge is 0.242 e. The summed E-state index contributed by atoms with van der Waals surface area (Å²) in [6.45, 7) is 3.87. The van der Waals surface area contributed by atoms with Crippen molar-refractivity contribution in [2.45, 2.75) is 77.3 Å². The average molecular weight is 411 g/mol. The summed E-state index contributed by atoms with van der Waals surface area (Å²) >= 11 is 0. The highest BCUT2D eigenvalue weighted by atomic mass is 16.2. The molecule has 1 aliphatic heterocycles. The number of piperidine rings is 1.